The summed E-state index contributed by atoms with van der Waals surface area (Å²) < 4.78 is 4.89. The minimum atomic E-state index is 0. The third-order valence-electron chi connectivity index (χ3n) is 0.236. The molecule has 6 heavy (non-hydrogen) atoms. The van der Waals surface area contributed by atoms with Crippen molar-refractivity contribution in [3.63, 3.8) is 0 Å². The van der Waals surface area contributed by atoms with E-state index < -0.39 is 0 Å². The van der Waals surface area contributed by atoms with Gasteiger partial charge in [-0.3, -0.25) is 0 Å². The van der Waals surface area contributed by atoms with Gasteiger partial charge in [0.05, 0.1) is 0 Å². The second-order valence-corrected chi connectivity index (χ2v) is 1.91. The van der Waals surface area contributed by atoms with Crippen molar-refractivity contribution in [1.29, 1.82) is 0 Å². The molecule has 3 heteroatoms. The van der Waals surface area contributed by atoms with Crippen LogP contribution in [-0.2, 0) is 0.951 Å². The van der Waals surface area contributed by atoms with Crippen LogP contribution >= 0.6 is 0 Å². The average Bonchev–Trinajstić information content (AvgIpc) is 1.38. The molecule has 0 bridgehead atoms. The van der Waals surface area contributed by atoms with Gasteiger partial charge in [0.25, 0.3) is 0 Å². The smallest absolute Gasteiger partial charge is 0 e. The van der Waals surface area contributed by atoms with Crippen LogP contribution in [0.2, 0.25) is 0 Å². The Morgan fingerprint density at radius 3 is 1.67 bits per heavy atom. The van der Waals surface area contributed by atoms with Crippen LogP contribution in [0, 0.1) is 82.0 Å². The summed E-state index contributed by atoms with van der Waals surface area (Å²) in [6.07, 6.45) is 0.446. The molecule has 0 aliphatic heterocycles. The molecule has 0 saturated heterocycles. The van der Waals surface area contributed by atoms with Crippen molar-refractivity contribution in [3.05, 3.63) is 0 Å². The van der Waals surface area contributed by atoms with E-state index in [-0.39, 0.29) is 41.7 Å². The van der Waals surface area contributed by atoms with Gasteiger partial charge in [-0.2, -0.15) is 0 Å². The predicted molar refractivity (Wildman–Crippen MR) is 16.2 cm³/mol. The first-order valence-electron chi connectivity index (χ1n) is 1.59. The molecule has 0 aromatic heterocycles. The minimum absolute atomic E-state index is 0. The van der Waals surface area contributed by atoms with E-state index in [1.807, 2.05) is 13.8 Å². The molecule has 33 valence electrons. The first-order chi connectivity index (χ1) is 2.27. The summed E-state index contributed by atoms with van der Waals surface area (Å²) in [7, 11) is 0. The molecule has 0 aliphatic carbocycles. The normalized spacial score (nSPS) is 7.67. The predicted octanol–water partition coefficient (Wildman–Crippen LogP) is 0.876. The van der Waals surface area contributed by atoms with Crippen molar-refractivity contribution in [1.82, 2.24) is 0 Å². The number of rotatable bonds is 1. The van der Waals surface area contributed by atoms with Gasteiger partial charge >= 0.3 is 61.2 Å². The summed E-state index contributed by atoms with van der Waals surface area (Å²) in [4.78, 5) is 0. The van der Waals surface area contributed by atoms with Crippen LogP contribution in [-0.4, -0.2) is 6.10 Å². The molecule has 0 aromatic carbocycles. The van der Waals surface area contributed by atoms with Crippen molar-refractivity contribution in [3.8, 4) is 0 Å². The SMILES string of the molecule is CC(C)[O][Ce].[Ce]. The molecule has 0 N–H and O–H groups in total. The van der Waals surface area contributed by atoms with Crippen LogP contribution in [0.15, 0.2) is 0 Å². The van der Waals surface area contributed by atoms with Gasteiger partial charge in [0.15, 0.2) is 0 Å². The van der Waals surface area contributed by atoms with E-state index in [1.54, 1.807) is 0 Å². The molecule has 0 spiro atoms. The molecule has 0 heterocycles. The fourth-order valence-corrected chi connectivity index (χ4v) is 0. The fraction of sp³-hybridized carbons (Fsp3) is 1.00. The molecule has 0 radical (unpaired) electrons. The van der Waals surface area contributed by atoms with Gasteiger partial charge in [0, 0.05) is 41.7 Å². The third kappa shape index (κ3) is 9.86. The van der Waals surface area contributed by atoms with E-state index in [2.05, 4.69) is 0 Å². The van der Waals surface area contributed by atoms with Crippen molar-refractivity contribution in [2.24, 2.45) is 0 Å². The van der Waals surface area contributed by atoms with Gasteiger partial charge in [-0.1, -0.05) is 0 Å². The van der Waals surface area contributed by atoms with E-state index in [0.29, 0.717) is 6.10 Å². The zero-order chi connectivity index (χ0) is 4.28. The summed E-state index contributed by atoms with van der Waals surface area (Å²) in [5.74, 6) is 0. The Balaban J connectivity index is 0. The molecule has 0 aromatic rings. The first-order valence-corrected chi connectivity index (χ1v) is 2.88. The molecule has 1 nitrogen and oxygen atoms in total. The van der Waals surface area contributed by atoms with E-state index in [9.17, 15) is 0 Å². The zero-order valence-corrected chi connectivity index (χ0v) is 10.3. The van der Waals surface area contributed by atoms with Crippen molar-refractivity contribution in [2.45, 2.75) is 20.0 Å². The van der Waals surface area contributed by atoms with Crippen LogP contribution in [0.4, 0.5) is 0 Å². The van der Waals surface area contributed by atoms with Crippen LogP contribution in [0.25, 0.3) is 0 Å². The summed E-state index contributed by atoms with van der Waals surface area (Å²) in [6, 6.07) is 0. The second-order valence-electron chi connectivity index (χ2n) is 1.17. The topological polar surface area (TPSA) is 9.23 Å². The quantitative estimate of drug-likeness (QED) is 0.689. The van der Waals surface area contributed by atoms with E-state index >= 15 is 0 Å². The van der Waals surface area contributed by atoms with Crippen LogP contribution in [0.1, 0.15) is 13.8 Å². The summed E-state index contributed by atoms with van der Waals surface area (Å²) >= 11 is 0.873. The molecule has 0 saturated carbocycles. The van der Waals surface area contributed by atoms with Gasteiger partial charge in [-0.25, -0.2) is 0 Å². The van der Waals surface area contributed by atoms with Gasteiger partial charge in [0.2, 0.25) is 0 Å². The molecule has 0 fully saturated rings. The Labute approximate surface area is 100 Å². The molecule has 0 rings (SSSR count). The monoisotopic (exact) mass is 339 g/mol. The maximum absolute atomic E-state index is 4.89. The summed E-state index contributed by atoms with van der Waals surface area (Å²) in [5.41, 5.74) is 0. The van der Waals surface area contributed by atoms with Crippen LogP contribution < -0.4 is 0 Å². The molecule has 0 aliphatic rings. The molecule has 0 amide bonds. The van der Waals surface area contributed by atoms with Crippen LogP contribution in [0.5, 0.6) is 0 Å². The molecular formula is C3H7Ce2O. The third-order valence-corrected chi connectivity index (χ3v) is 1.72. The summed E-state index contributed by atoms with van der Waals surface area (Å²) in [6.45, 7) is 4.07. The van der Waals surface area contributed by atoms with Gasteiger partial charge < -0.3 is 0 Å². The maximum Gasteiger partial charge on any atom is 0 e. The van der Waals surface area contributed by atoms with Crippen molar-refractivity contribution >= 4 is 0 Å². The first kappa shape index (κ1) is 11.5. The second kappa shape index (κ2) is 7.71. The zero-order valence-electron chi connectivity index (χ0n) is 3.99. The van der Waals surface area contributed by atoms with Crippen molar-refractivity contribution < 1.29 is 82.9 Å². The fourth-order valence-electron chi connectivity index (χ4n) is 0. The Kier molecular flexibility index (Phi) is 14.8. The van der Waals surface area contributed by atoms with Gasteiger partial charge in [-0.05, 0) is 0 Å². The van der Waals surface area contributed by atoms with E-state index in [0.717, 1.165) is 40.2 Å². The number of hydrogen-bond donors (Lipinski definition) is 0. The Bertz CT molecular complexity index is 22.8. The van der Waals surface area contributed by atoms with Gasteiger partial charge in [0.1, 0.15) is 0 Å². The molecular weight excluding hydrogens is 332 g/mol. The maximum atomic E-state index is 4.89. The van der Waals surface area contributed by atoms with Gasteiger partial charge in [-0.15, -0.1) is 0 Å². The van der Waals surface area contributed by atoms with E-state index in [4.69, 9.17) is 0.951 Å². The Hall–Kier alpha value is 2.71. The Morgan fingerprint density at radius 2 is 1.67 bits per heavy atom. The molecule has 0 atom stereocenters. The van der Waals surface area contributed by atoms with Crippen LogP contribution in [0.3, 0.4) is 0 Å². The Morgan fingerprint density at radius 1 is 1.50 bits per heavy atom. The average molecular weight is 339 g/mol. The minimum Gasteiger partial charge on any atom is 0 e. The summed E-state index contributed by atoms with van der Waals surface area (Å²) in [5, 5.41) is 0. The number of hydrogen-bond acceptors (Lipinski definition) is 1. The standard InChI is InChI=1S/C3H7O.2Ce/c1-3(2)4;;/h3H,1-2H3;;/q-1;;+1. The van der Waals surface area contributed by atoms with Crippen molar-refractivity contribution in [2.75, 3.05) is 0 Å². The molecule has 0 unspecified atom stereocenters. The largest absolute Gasteiger partial charge is 0 e. The van der Waals surface area contributed by atoms with E-state index in [1.165, 1.54) is 0 Å².